The van der Waals surface area contributed by atoms with Gasteiger partial charge in [-0.15, -0.1) is 0 Å². The highest BCUT2D eigenvalue weighted by molar-refractivity contribution is 6.05. The molecule has 8 nitrogen and oxygen atoms in total. The third-order valence-corrected chi connectivity index (χ3v) is 5.26. The molecule has 0 spiro atoms. The van der Waals surface area contributed by atoms with Gasteiger partial charge in [0.25, 0.3) is 5.91 Å². The molecule has 1 unspecified atom stereocenters. The molecule has 2 amide bonds. The SMILES string of the molecule is Cc1nn2ccc(OCc3ccccc3F)cc2c1C(=O)NC1(CO)CCNC1=O. The molecule has 0 saturated carbocycles. The monoisotopic (exact) mass is 412 g/mol. The topological polar surface area (TPSA) is 105 Å². The van der Waals surface area contributed by atoms with Gasteiger partial charge >= 0.3 is 0 Å². The molecular weight excluding hydrogens is 391 g/mol. The molecule has 156 valence electrons. The van der Waals surface area contributed by atoms with Gasteiger partial charge in [-0.2, -0.15) is 5.10 Å². The van der Waals surface area contributed by atoms with Crippen LogP contribution < -0.4 is 15.4 Å². The molecule has 0 aliphatic carbocycles. The number of aliphatic hydroxyl groups excluding tert-OH is 1. The van der Waals surface area contributed by atoms with Crippen LogP contribution in [-0.4, -0.2) is 45.2 Å². The summed E-state index contributed by atoms with van der Waals surface area (Å²) in [6.07, 6.45) is 1.93. The maximum Gasteiger partial charge on any atom is 0.256 e. The van der Waals surface area contributed by atoms with Crippen molar-refractivity contribution >= 4 is 17.3 Å². The molecule has 2 aromatic heterocycles. The molecule has 1 atom stereocenters. The molecule has 0 bridgehead atoms. The van der Waals surface area contributed by atoms with Gasteiger partial charge in [0.05, 0.1) is 23.4 Å². The zero-order valence-corrected chi connectivity index (χ0v) is 16.3. The Morgan fingerprint density at radius 2 is 2.20 bits per heavy atom. The lowest BCUT2D eigenvalue weighted by Gasteiger charge is -2.24. The standard InChI is InChI=1S/C21H21FN4O4/c1-13-18(19(28)24-21(12-27)7-8-23-20(21)29)17-10-15(6-9-26(17)25-13)30-11-14-4-2-3-5-16(14)22/h2-6,9-10,27H,7-8,11-12H2,1H3,(H,23,29)(H,24,28). The third kappa shape index (κ3) is 3.48. The van der Waals surface area contributed by atoms with Crippen LogP contribution in [-0.2, 0) is 11.4 Å². The van der Waals surface area contributed by atoms with Crippen molar-refractivity contribution in [3.8, 4) is 5.75 Å². The quantitative estimate of drug-likeness (QED) is 0.567. The molecule has 1 saturated heterocycles. The van der Waals surface area contributed by atoms with Crippen molar-refractivity contribution in [2.75, 3.05) is 13.2 Å². The van der Waals surface area contributed by atoms with E-state index in [0.29, 0.717) is 35.5 Å². The number of aliphatic hydroxyl groups is 1. The highest BCUT2D eigenvalue weighted by atomic mass is 19.1. The minimum absolute atomic E-state index is 0.0330. The molecule has 9 heteroatoms. The van der Waals surface area contributed by atoms with E-state index in [-0.39, 0.29) is 18.0 Å². The Balaban J connectivity index is 1.61. The lowest BCUT2D eigenvalue weighted by molar-refractivity contribution is -0.125. The van der Waals surface area contributed by atoms with Gasteiger partial charge in [-0.25, -0.2) is 8.91 Å². The normalized spacial score (nSPS) is 18.4. The number of aromatic nitrogens is 2. The van der Waals surface area contributed by atoms with E-state index in [1.54, 1.807) is 43.5 Å². The van der Waals surface area contributed by atoms with Gasteiger partial charge in [0.2, 0.25) is 5.91 Å². The zero-order chi connectivity index (χ0) is 21.3. The summed E-state index contributed by atoms with van der Waals surface area (Å²) in [7, 11) is 0. The average molecular weight is 412 g/mol. The number of amides is 2. The smallest absolute Gasteiger partial charge is 0.256 e. The minimum atomic E-state index is -1.35. The van der Waals surface area contributed by atoms with Crippen LogP contribution >= 0.6 is 0 Å². The molecule has 30 heavy (non-hydrogen) atoms. The van der Waals surface area contributed by atoms with Crippen LogP contribution in [0.15, 0.2) is 42.6 Å². The molecule has 4 rings (SSSR count). The molecule has 3 N–H and O–H groups in total. The molecule has 1 aliphatic heterocycles. The van der Waals surface area contributed by atoms with Crippen molar-refractivity contribution in [3.05, 3.63) is 65.2 Å². The molecule has 1 fully saturated rings. The predicted molar refractivity (Wildman–Crippen MR) is 106 cm³/mol. The van der Waals surface area contributed by atoms with Gasteiger partial charge in [0, 0.05) is 24.4 Å². The highest BCUT2D eigenvalue weighted by Crippen LogP contribution is 2.24. The van der Waals surface area contributed by atoms with Crippen LogP contribution in [0.4, 0.5) is 4.39 Å². The van der Waals surface area contributed by atoms with Crippen LogP contribution in [0, 0.1) is 12.7 Å². The first-order valence-electron chi connectivity index (χ1n) is 9.50. The summed E-state index contributed by atoms with van der Waals surface area (Å²) in [6.45, 7) is 1.59. The Bertz CT molecular complexity index is 1130. The number of pyridine rings is 1. The average Bonchev–Trinajstić information content (AvgIpc) is 3.26. The fourth-order valence-electron chi connectivity index (χ4n) is 3.55. The van der Waals surface area contributed by atoms with Crippen molar-refractivity contribution in [1.82, 2.24) is 20.2 Å². The summed E-state index contributed by atoms with van der Waals surface area (Å²) in [6, 6.07) is 9.63. The highest BCUT2D eigenvalue weighted by Gasteiger charge is 2.43. The molecular formula is C21H21FN4O4. The predicted octanol–water partition coefficient (Wildman–Crippen LogP) is 1.34. The Labute approximate surface area is 171 Å². The van der Waals surface area contributed by atoms with E-state index < -0.39 is 24.0 Å². The summed E-state index contributed by atoms with van der Waals surface area (Å²) in [4.78, 5) is 25.1. The lowest BCUT2D eigenvalue weighted by Crippen LogP contribution is -2.56. The van der Waals surface area contributed by atoms with Gasteiger partial charge in [0.1, 0.15) is 23.7 Å². The number of fused-ring (bicyclic) bond motifs is 1. The number of nitrogens with zero attached hydrogens (tertiary/aromatic N) is 2. The maximum absolute atomic E-state index is 13.8. The van der Waals surface area contributed by atoms with Crippen molar-refractivity contribution < 1.29 is 23.8 Å². The molecule has 3 heterocycles. The number of benzene rings is 1. The maximum atomic E-state index is 13.8. The summed E-state index contributed by atoms with van der Waals surface area (Å²) >= 11 is 0. The van der Waals surface area contributed by atoms with E-state index in [4.69, 9.17) is 4.74 Å². The third-order valence-electron chi connectivity index (χ3n) is 5.26. The van der Waals surface area contributed by atoms with Gasteiger partial charge in [0.15, 0.2) is 0 Å². The number of hydrogen-bond acceptors (Lipinski definition) is 5. The van der Waals surface area contributed by atoms with Gasteiger partial charge in [-0.1, -0.05) is 18.2 Å². The number of hydrogen-bond donors (Lipinski definition) is 3. The minimum Gasteiger partial charge on any atom is -0.489 e. The second-order valence-corrected chi connectivity index (χ2v) is 7.23. The Morgan fingerprint density at radius 3 is 2.90 bits per heavy atom. The first-order valence-corrected chi connectivity index (χ1v) is 9.50. The van der Waals surface area contributed by atoms with Crippen LogP contribution in [0.2, 0.25) is 0 Å². The number of carbonyl (C=O) groups is 2. The number of rotatable bonds is 6. The molecule has 1 aliphatic rings. The number of aryl methyl sites for hydroxylation is 1. The Hall–Kier alpha value is -3.46. The molecule has 0 radical (unpaired) electrons. The van der Waals surface area contributed by atoms with E-state index >= 15 is 0 Å². The Kier molecular flexibility index (Phi) is 5.13. The number of nitrogens with one attached hydrogen (secondary N) is 2. The van der Waals surface area contributed by atoms with Crippen LogP contribution in [0.5, 0.6) is 5.75 Å². The second kappa shape index (κ2) is 7.75. The van der Waals surface area contributed by atoms with Crippen LogP contribution in [0.1, 0.15) is 28.0 Å². The van der Waals surface area contributed by atoms with Crippen molar-refractivity contribution in [2.45, 2.75) is 25.5 Å². The van der Waals surface area contributed by atoms with Crippen molar-refractivity contribution in [1.29, 1.82) is 0 Å². The number of halogens is 1. The lowest BCUT2D eigenvalue weighted by atomic mass is 9.98. The van der Waals surface area contributed by atoms with E-state index in [0.717, 1.165) is 0 Å². The number of carbonyl (C=O) groups excluding carboxylic acids is 2. The number of ether oxygens (including phenoxy) is 1. The van der Waals surface area contributed by atoms with E-state index in [9.17, 15) is 19.1 Å². The largest absolute Gasteiger partial charge is 0.489 e. The summed E-state index contributed by atoms with van der Waals surface area (Å²) in [5.41, 5.74) is 0.278. The fraction of sp³-hybridized carbons (Fsp3) is 0.286. The first kappa shape index (κ1) is 19.8. The molecule has 3 aromatic rings. The van der Waals surface area contributed by atoms with Crippen molar-refractivity contribution in [3.63, 3.8) is 0 Å². The van der Waals surface area contributed by atoms with E-state index in [2.05, 4.69) is 15.7 Å². The second-order valence-electron chi connectivity index (χ2n) is 7.23. The van der Waals surface area contributed by atoms with E-state index in [1.165, 1.54) is 10.6 Å². The zero-order valence-electron chi connectivity index (χ0n) is 16.3. The van der Waals surface area contributed by atoms with Crippen molar-refractivity contribution in [2.24, 2.45) is 0 Å². The summed E-state index contributed by atoms with van der Waals surface area (Å²) in [5.74, 6) is -0.848. The molecule has 1 aromatic carbocycles. The Morgan fingerprint density at radius 1 is 1.40 bits per heavy atom. The summed E-state index contributed by atoms with van der Waals surface area (Å²) in [5, 5.41) is 19.3. The van der Waals surface area contributed by atoms with Gasteiger partial charge in [-0.05, 0) is 25.5 Å². The van der Waals surface area contributed by atoms with E-state index in [1.807, 2.05) is 0 Å². The summed E-state index contributed by atoms with van der Waals surface area (Å²) < 4.78 is 21.0. The van der Waals surface area contributed by atoms with Crippen LogP contribution in [0.3, 0.4) is 0 Å². The van der Waals surface area contributed by atoms with Crippen LogP contribution in [0.25, 0.3) is 5.52 Å². The van der Waals surface area contributed by atoms with Gasteiger partial charge in [-0.3, -0.25) is 9.59 Å². The van der Waals surface area contributed by atoms with Gasteiger partial charge < -0.3 is 20.5 Å². The first-order chi connectivity index (χ1) is 14.4. The fourth-order valence-corrected chi connectivity index (χ4v) is 3.55.